The van der Waals surface area contributed by atoms with E-state index in [0.29, 0.717) is 36.8 Å². The molecule has 0 aliphatic heterocycles. The molecule has 0 spiro atoms. The van der Waals surface area contributed by atoms with E-state index in [4.69, 9.17) is 0 Å². The second-order valence-electron chi connectivity index (χ2n) is 5.31. The number of hydrogen-bond acceptors (Lipinski definition) is 5. The zero-order valence-electron chi connectivity index (χ0n) is 14.7. The van der Waals surface area contributed by atoms with Crippen molar-refractivity contribution >= 4 is 39.7 Å². The van der Waals surface area contributed by atoms with Gasteiger partial charge in [-0.25, -0.2) is 8.42 Å². The second-order valence-corrected chi connectivity index (χ2v) is 8.64. The minimum Gasteiger partial charge on any atom is -0.355 e. The minimum atomic E-state index is -3.39. The average molecular weight is 398 g/mol. The summed E-state index contributed by atoms with van der Waals surface area (Å²) >= 11 is 1.28. The Bertz CT molecular complexity index is 601. The smallest absolute Gasteiger partial charge is 0.252 e. The highest BCUT2D eigenvalue weighted by molar-refractivity contribution is 7.91. The van der Waals surface area contributed by atoms with E-state index >= 15 is 0 Å². The van der Waals surface area contributed by atoms with Gasteiger partial charge < -0.3 is 10.6 Å². The maximum atomic E-state index is 12.4. The zero-order chi connectivity index (χ0) is 17.5. The van der Waals surface area contributed by atoms with Gasteiger partial charge in [-0.3, -0.25) is 4.79 Å². The third-order valence-corrected chi connectivity index (χ3v) is 7.23. The van der Waals surface area contributed by atoms with Crippen LogP contribution in [0.1, 0.15) is 25.6 Å². The van der Waals surface area contributed by atoms with Crippen molar-refractivity contribution in [2.24, 2.45) is 5.92 Å². The lowest BCUT2D eigenvalue weighted by atomic mass is 10.1. The third-order valence-electron chi connectivity index (χ3n) is 3.57. The molecule has 0 saturated heterocycles. The van der Waals surface area contributed by atoms with E-state index in [1.54, 1.807) is 6.07 Å². The molecule has 140 valence electrons. The van der Waals surface area contributed by atoms with Crippen LogP contribution in [0.2, 0.25) is 0 Å². The van der Waals surface area contributed by atoms with E-state index in [1.807, 2.05) is 33.9 Å². The van der Waals surface area contributed by atoms with E-state index in [0.717, 1.165) is 4.88 Å². The number of sulfonamides is 1. The zero-order valence-corrected chi connectivity index (χ0v) is 17.1. The maximum absolute atomic E-state index is 12.4. The SMILES string of the molecule is CCN(CC)S(=O)(=O)c1ccc(CCNC(=O)C(C)CNC)s1.Cl. The molecular formula is C15H28ClN3O3S2. The highest BCUT2D eigenvalue weighted by atomic mass is 35.5. The van der Waals surface area contributed by atoms with Crippen molar-refractivity contribution in [2.45, 2.75) is 31.4 Å². The van der Waals surface area contributed by atoms with Gasteiger partial charge in [0.15, 0.2) is 0 Å². The summed E-state index contributed by atoms with van der Waals surface area (Å²) in [5, 5.41) is 5.84. The molecule has 0 aliphatic rings. The standard InChI is InChI=1S/C15H27N3O3S2.ClH/c1-5-18(6-2)23(20,21)14-8-7-13(22-14)9-10-17-15(19)12(3)11-16-4;/h7-8,12,16H,5-6,9-11H2,1-4H3,(H,17,19);1H. The lowest BCUT2D eigenvalue weighted by molar-refractivity contribution is -0.124. The molecule has 1 heterocycles. The summed E-state index contributed by atoms with van der Waals surface area (Å²) < 4.78 is 26.6. The van der Waals surface area contributed by atoms with Gasteiger partial charge in [0.1, 0.15) is 4.21 Å². The van der Waals surface area contributed by atoms with Crippen LogP contribution < -0.4 is 10.6 Å². The van der Waals surface area contributed by atoms with Crippen molar-refractivity contribution in [3.8, 4) is 0 Å². The van der Waals surface area contributed by atoms with Crippen molar-refractivity contribution in [3.63, 3.8) is 0 Å². The van der Waals surface area contributed by atoms with Gasteiger partial charge in [0.25, 0.3) is 10.0 Å². The molecule has 1 rings (SSSR count). The molecule has 0 fully saturated rings. The number of amides is 1. The summed E-state index contributed by atoms with van der Waals surface area (Å²) in [5.41, 5.74) is 0. The monoisotopic (exact) mass is 397 g/mol. The quantitative estimate of drug-likeness (QED) is 0.630. The Labute approximate surface area is 155 Å². The molecule has 1 unspecified atom stereocenters. The Hall–Kier alpha value is -0.670. The molecule has 0 radical (unpaired) electrons. The number of carbonyl (C=O) groups excluding carboxylic acids is 1. The highest BCUT2D eigenvalue weighted by Crippen LogP contribution is 2.25. The highest BCUT2D eigenvalue weighted by Gasteiger charge is 2.23. The van der Waals surface area contributed by atoms with Gasteiger partial charge in [-0.2, -0.15) is 4.31 Å². The van der Waals surface area contributed by atoms with E-state index in [9.17, 15) is 13.2 Å². The summed E-state index contributed by atoms with van der Waals surface area (Å²) in [7, 11) is -1.57. The molecule has 0 aliphatic carbocycles. The molecule has 9 heteroatoms. The first-order valence-corrected chi connectivity index (χ1v) is 10.1. The number of carbonyl (C=O) groups is 1. The van der Waals surface area contributed by atoms with Gasteiger partial charge >= 0.3 is 0 Å². The summed E-state index contributed by atoms with van der Waals surface area (Å²) in [6.07, 6.45) is 0.635. The van der Waals surface area contributed by atoms with Crippen molar-refractivity contribution < 1.29 is 13.2 Å². The van der Waals surface area contributed by atoms with Gasteiger partial charge in [-0.1, -0.05) is 20.8 Å². The Morgan fingerprint density at radius 3 is 2.46 bits per heavy atom. The first-order valence-electron chi connectivity index (χ1n) is 7.87. The summed E-state index contributed by atoms with van der Waals surface area (Å²) in [4.78, 5) is 12.8. The Morgan fingerprint density at radius 2 is 1.92 bits per heavy atom. The first kappa shape index (κ1) is 23.3. The minimum absolute atomic E-state index is 0. The predicted octanol–water partition coefficient (Wildman–Crippen LogP) is 1.71. The first-order chi connectivity index (χ1) is 10.9. The van der Waals surface area contributed by atoms with E-state index in [-0.39, 0.29) is 24.2 Å². The molecule has 1 amide bonds. The van der Waals surface area contributed by atoms with Gasteiger partial charge in [-0.15, -0.1) is 23.7 Å². The number of thiophene rings is 1. The van der Waals surface area contributed by atoms with Crippen LogP contribution in [0.15, 0.2) is 16.3 Å². The van der Waals surface area contributed by atoms with Crippen molar-refractivity contribution in [1.82, 2.24) is 14.9 Å². The molecule has 1 aromatic rings. The lowest BCUT2D eigenvalue weighted by Gasteiger charge is -2.16. The van der Waals surface area contributed by atoms with Crippen LogP contribution >= 0.6 is 23.7 Å². The fraction of sp³-hybridized carbons (Fsp3) is 0.667. The molecular weight excluding hydrogens is 370 g/mol. The Balaban J connectivity index is 0.00000529. The average Bonchev–Trinajstić information content (AvgIpc) is 2.98. The lowest BCUT2D eigenvalue weighted by Crippen LogP contribution is -2.35. The van der Waals surface area contributed by atoms with Crippen LogP contribution in [0.4, 0.5) is 0 Å². The van der Waals surface area contributed by atoms with E-state index in [1.165, 1.54) is 15.6 Å². The summed E-state index contributed by atoms with van der Waals surface area (Å²) in [6.45, 7) is 7.60. The van der Waals surface area contributed by atoms with Crippen molar-refractivity contribution in [3.05, 3.63) is 17.0 Å². The summed E-state index contributed by atoms with van der Waals surface area (Å²) in [5.74, 6) is -0.0752. The van der Waals surface area contributed by atoms with Crippen molar-refractivity contribution in [1.29, 1.82) is 0 Å². The van der Waals surface area contributed by atoms with Gasteiger partial charge in [0.05, 0.1) is 0 Å². The number of rotatable bonds is 10. The molecule has 0 saturated carbocycles. The Kier molecular flexibility index (Phi) is 10.7. The number of nitrogens with one attached hydrogen (secondary N) is 2. The van der Waals surface area contributed by atoms with Crippen LogP contribution in [0.25, 0.3) is 0 Å². The maximum Gasteiger partial charge on any atom is 0.252 e. The largest absolute Gasteiger partial charge is 0.355 e. The molecule has 6 nitrogen and oxygen atoms in total. The molecule has 1 aromatic heterocycles. The second kappa shape index (κ2) is 11.0. The number of hydrogen-bond donors (Lipinski definition) is 2. The summed E-state index contributed by atoms with van der Waals surface area (Å²) in [6, 6.07) is 3.48. The fourth-order valence-electron chi connectivity index (χ4n) is 2.20. The molecule has 2 N–H and O–H groups in total. The Morgan fingerprint density at radius 1 is 1.29 bits per heavy atom. The number of nitrogens with zero attached hydrogens (tertiary/aromatic N) is 1. The van der Waals surface area contributed by atoms with Crippen LogP contribution in [-0.4, -0.2) is 51.9 Å². The molecule has 0 bridgehead atoms. The van der Waals surface area contributed by atoms with E-state index in [2.05, 4.69) is 10.6 Å². The van der Waals surface area contributed by atoms with Crippen LogP contribution in [-0.2, 0) is 21.2 Å². The predicted molar refractivity (Wildman–Crippen MR) is 101 cm³/mol. The fourth-order valence-corrected chi connectivity index (χ4v) is 5.17. The third kappa shape index (κ3) is 6.33. The number of halogens is 1. The van der Waals surface area contributed by atoms with Crippen LogP contribution in [0, 0.1) is 5.92 Å². The van der Waals surface area contributed by atoms with Crippen LogP contribution in [0.5, 0.6) is 0 Å². The topological polar surface area (TPSA) is 78.5 Å². The van der Waals surface area contributed by atoms with Gasteiger partial charge in [-0.05, 0) is 25.6 Å². The van der Waals surface area contributed by atoms with Crippen molar-refractivity contribution in [2.75, 3.05) is 33.2 Å². The normalized spacial score (nSPS) is 12.7. The molecule has 0 aromatic carbocycles. The van der Waals surface area contributed by atoms with Gasteiger partial charge in [0, 0.05) is 37.0 Å². The molecule has 1 atom stereocenters. The van der Waals surface area contributed by atoms with E-state index < -0.39 is 10.0 Å². The van der Waals surface area contributed by atoms with Crippen LogP contribution in [0.3, 0.4) is 0 Å². The molecule has 24 heavy (non-hydrogen) atoms. The van der Waals surface area contributed by atoms with Gasteiger partial charge in [0.2, 0.25) is 5.91 Å².